The van der Waals surface area contributed by atoms with Crippen LogP contribution in [0.25, 0.3) is 0 Å². The standard InChI is InChI=1S/C24H19PS/c1-4-11-20(12-5-1)25(21-13-6-2-7-14-21)22-15-10-18-24(19-22)26-23-16-8-3-9-17-23/h1-19H. The van der Waals surface area contributed by atoms with E-state index in [2.05, 4.69) is 115 Å². The van der Waals surface area contributed by atoms with Crippen LogP contribution in [0, 0.1) is 0 Å². The van der Waals surface area contributed by atoms with E-state index in [1.54, 1.807) is 0 Å². The van der Waals surface area contributed by atoms with Gasteiger partial charge in [-0.15, -0.1) is 0 Å². The van der Waals surface area contributed by atoms with Crippen molar-refractivity contribution in [1.29, 1.82) is 0 Å². The zero-order valence-corrected chi connectivity index (χ0v) is 16.0. The molecule has 26 heavy (non-hydrogen) atoms. The molecule has 0 aromatic heterocycles. The lowest BCUT2D eigenvalue weighted by Crippen LogP contribution is -2.20. The number of benzene rings is 4. The van der Waals surface area contributed by atoms with Crippen molar-refractivity contribution in [2.24, 2.45) is 0 Å². The van der Waals surface area contributed by atoms with Gasteiger partial charge in [-0.1, -0.05) is 103 Å². The Morgan fingerprint density at radius 3 is 1.46 bits per heavy atom. The maximum absolute atomic E-state index is 2.35. The van der Waals surface area contributed by atoms with Crippen molar-refractivity contribution in [2.75, 3.05) is 0 Å². The monoisotopic (exact) mass is 370 g/mol. The topological polar surface area (TPSA) is 0 Å². The van der Waals surface area contributed by atoms with E-state index in [4.69, 9.17) is 0 Å². The van der Waals surface area contributed by atoms with Crippen molar-refractivity contribution in [3.63, 3.8) is 0 Å². The molecule has 0 aliphatic rings. The fourth-order valence-corrected chi connectivity index (χ4v) is 6.24. The Labute approximate surface area is 160 Å². The molecular formula is C24H19PS. The molecule has 4 aromatic carbocycles. The lowest BCUT2D eigenvalue weighted by atomic mass is 10.3. The molecule has 0 aliphatic heterocycles. The minimum Gasteiger partial charge on any atom is -0.0901 e. The lowest BCUT2D eigenvalue weighted by Gasteiger charge is -2.20. The molecule has 0 aliphatic carbocycles. The fourth-order valence-electron chi connectivity index (χ4n) is 2.91. The van der Waals surface area contributed by atoms with Gasteiger partial charge in [-0.05, 0) is 48.1 Å². The average Bonchev–Trinajstić information content (AvgIpc) is 2.71. The van der Waals surface area contributed by atoms with Crippen LogP contribution in [0.1, 0.15) is 0 Å². The molecular weight excluding hydrogens is 351 g/mol. The van der Waals surface area contributed by atoms with Crippen molar-refractivity contribution >= 4 is 35.6 Å². The van der Waals surface area contributed by atoms with Crippen LogP contribution in [-0.2, 0) is 0 Å². The van der Waals surface area contributed by atoms with E-state index in [1.165, 1.54) is 25.7 Å². The molecule has 0 unspecified atom stereocenters. The fraction of sp³-hybridized carbons (Fsp3) is 0. The summed E-state index contributed by atoms with van der Waals surface area (Å²) >= 11 is 1.82. The van der Waals surface area contributed by atoms with Gasteiger partial charge >= 0.3 is 0 Å². The van der Waals surface area contributed by atoms with Crippen molar-refractivity contribution in [3.05, 3.63) is 115 Å². The molecule has 0 bridgehead atoms. The molecule has 0 fully saturated rings. The van der Waals surface area contributed by atoms with Crippen LogP contribution in [-0.4, -0.2) is 0 Å². The molecule has 0 atom stereocenters. The van der Waals surface area contributed by atoms with Gasteiger partial charge in [0.15, 0.2) is 0 Å². The summed E-state index contributed by atoms with van der Waals surface area (Å²) in [6.07, 6.45) is 0. The third kappa shape index (κ3) is 4.07. The third-order valence-electron chi connectivity index (χ3n) is 4.08. The van der Waals surface area contributed by atoms with Crippen LogP contribution in [0.15, 0.2) is 125 Å². The Bertz CT molecular complexity index is 913. The number of hydrogen-bond acceptors (Lipinski definition) is 1. The molecule has 2 heteroatoms. The molecule has 0 amide bonds. The highest BCUT2D eigenvalue weighted by Crippen LogP contribution is 2.35. The summed E-state index contributed by atoms with van der Waals surface area (Å²) < 4.78 is 0. The molecule has 0 saturated heterocycles. The predicted molar refractivity (Wildman–Crippen MR) is 116 cm³/mol. The molecule has 4 rings (SSSR count). The van der Waals surface area contributed by atoms with Gasteiger partial charge in [-0.25, -0.2) is 0 Å². The second kappa shape index (κ2) is 8.36. The Hall–Kier alpha value is -2.34. The van der Waals surface area contributed by atoms with Gasteiger partial charge < -0.3 is 0 Å². The van der Waals surface area contributed by atoms with Crippen molar-refractivity contribution in [3.8, 4) is 0 Å². The van der Waals surface area contributed by atoms with Crippen molar-refractivity contribution < 1.29 is 0 Å². The summed E-state index contributed by atoms with van der Waals surface area (Å²) in [5, 5.41) is 4.16. The summed E-state index contributed by atoms with van der Waals surface area (Å²) in [4.78, 5) is 2.56. The van der Waals surface area contributed by atoms with Crippen LogP contribution >= 0.6 is 19.7 Å². The first-order valence-electron chi connectivity index (χ1n) is 8.63. The first-order valence-corrected chi connectivity index (χ1v) is 10.8. The van der Waals surface area contributed by atoms with Crippen molar-refractivity contribution in [1.82, 2.24) is 0 Å². The van der Waals surface area contributed by atoms with Crippen LogP contribution in [0.5, 0.6) is 0 Å². The molecule has 126 valence electrons. The molecule has 4 aromatic rings. The van der Waals surface area contributed by atoms with Gasteiger partial charge in [0, 0.05) is 9.79 Å². The molecule has 0 nitrogen and oxygen atoms in total. The van der Waals surface area contributed by atoms with Gasteiger partial charge in [-0.2, -0.15) is 0 Å². The van der Waals surface area contributed by atoms with E-state index >= 15 is 0 Å². The largest absolute Gasteiger partial charge is 0.0901 e. The van der Waals surface area contributed by atoms with Crippen LogP contribution in [0.3, 0.4) is 0 Å². The molecule has 0 spiro atoms. The third-order valence-corrected chi connectivity index (χ3v) is 7.50. The van der Waals surface area contributed by atoms with E-state index in [0.29, 0.717) is 0 Å². The van der Waals surface area contributed by atoms with Gasteiger partial charge in [0.2, 0.25) is 0 Å². The number of rotatable bonds is 5. The van der Waals surface area contributed by atoms with Crippen LogP contribution in [0.2, 0.25) is 0 Å². The quantitative estimate of drug-likeness (QED) is 0.412. The second-order valence-corrected chi connectivity index (χ2v) is 9.29. The molecule has 0 saturated carbocycles. The predicted octanol–water partition coefficient (Wildman–Crippen LogP) is 5.60. The van der Waals surface area contributed by atoms with Gasteiger partial charge in [0.25, 0.3) is 0 Å². The second-order valence-electron chi connectivity index (χ2n) is 5.92. The summed E-state index contributed by atoms with van der Waals surface area (Å²) in [5.41, 5.74) is 0. The molecule has 0 N–H and O–H groups in total. The van der Waals surface area contributed by atoms with Gasteiger partial charge in [0.05, 0.1) is 0 Å². The Morgan fingerprint density at radius 2 is 0.885 bits per heavy atom. The maximum atomic E-state index is 2.35. The Balaban J connectivity index is 1.73. The minimum absolute atomic E-state index is 0.550. The Morgan fingerprint density at radius 1 is 0.423 bits per heavy atom. The summed E-state index contributed by atoms with van der Waals surface area (Å²) in [5.74, 6) is 0. The molecule has 0 heterocycles. The highest BCUT2D eigenvalue weighted by atomic mass is 32.2. The summed E-state index contributed by atoms with van der Waals surface area (Å²) in [6, 6.07) is 41.3. The van der Waals surface area contributed by atoms with E-state index in [9.17, 15) is 0 Å². The van der Waals surface area contributed by atoms with E-state index < -0.39 is 7.92 Å². The summed E-state index contributed by atoms with van der Waals surface area (Å²) in [7, 11) is -0.550. The van der Waals surface area contributed by atoms with E-state index in [-0.39, 0.29) is 0 Å². The van der Waals surface area contributed by atoms with Crippen LogP contribution in [0.4, 0.5) is 0 Å². The normalized spacial score (nSPS) is 10.8. The maximum Gasteiger partial charge on any atom is 0.0128 e. The lowest BCUT2D eigenvalue weighted by molar-refractivity contribution is 1.42. The molecule has 0 radical (unpaired) electrons. The highest BCUT2D eigenvalue weighted by molar-refractivity contribution is 7.99. The zero-order valence-electron chi connectivity index (χ0n) is 14.3. The minimum atomic E-state index is -0.550. The van der Waals surface area contributed by atoms with E-state index in [0.717, 1.165) is 0 Å². The van der Waals surface area contributed by atoms with Crippen LogP contribution < -0.4 is 15.9 Å². The average molecular weight is 370 g/mol. The Kier molecular flexibility index (Phi) is 5.50. The SMILES string of the molecule is c1ccc(Sc2cccc(P(c3ccccc3)c3ccccc3)c2)cc1. The first-order chi connectivity index (χ1) is 12.9. The first kappa shape index (κ1) is 17.1. The number of hydrogen-bond donors (Lipinski definition) is 0. The zero-order chi connectivity index (χ0) is 17.6. The highest BCUT2D eigenvalue weighted by Gasteiger charge is 2.16. The van der Waals surface area contributed by atoms with Crippen molar-refractivity contribution in [2.45, 2.75) is 9.79 Å². The van der Waals surface area contributed by atoms with Gasteiger partial charge in [0.1, 0.15) is 0 Å². The smallest absolute Gasteiger partial charge is 0.0128 e. The van der Waals surface area contributed by atoms with E-state index in [1.807, 2.05) is 11.8 Å². The summed E-state index contributed by atoms with van der Waals surface area (Å²) in [6.45, 7) is 0. The van der Waals surface area contributed by atoms with Gasteiger partial charge in [-0.3, -0.25) is 0 Å².